The predicted octanol–water partition coefficient (Wildman–Crippen LogP) is 3.07. The molecule has 0 unspecified atom stereocenters. The Kier molecular flexibility index (Phi) is 3.87. The molecule has 4 heteroatoms. The minimum Gasteiger partial charge on any atom is -0.299 e. The molecule has 0 spiro atoms. The molecule has 1 aliphatic rings. The normalized spacial score (nSPS) is 17.4. The number of carbonyl (C=O) groups excluding carboxylic acids is 1. The molecule has 1 fully saturated rings. The van der Waals surface area contributed by atoms with E-state index in [9.17, 15) is 4.79 Å². The van der Waals surface area contributed by atoms with Crippen LogP contribution in [0.25, 0.3) is 0 Å². The zero-order chi connectivity index (χ0) is 12.4. The Labute approximate surface area is 107 Å². The maximum Gasteiger partial charge on any atom is 0.140 e. The van der Waals surface area contributed by atoms with Crippen LogP contribution in [0.1, 0.15) is 43.4 Å². The SMILES string of the molecule is Cc1nn(C)c(Cl)c1CC(=O)C1CCCCC1. The highest BCUT2D eigenvalue weighted by Crippen LogP contribution is 2.27. The number of carbonyl (C=O) groups is 1. The van der Waals surface area contributed by atoms with E-state index in [2.05, 4.69) is 5.10 Å². The van der Waals surface area contributed by atoms with Crippen molar-refractivity contribution < 1.29 is 4.79 Å². The van der Waals surface area contributed by atoms with Crippen molar-refractivity contribution in [2.24, 2.45) is 13.0 Å². The average molecular weight is 255 g/mol. The van der Waals surface area contributed by atoms with Crippen molar-refractivity contribution in [1.29, 1.82) is 0 Å². The molecule has 1 saturated carbocycles. The van der Waals surface area contributed by atoms with Gasteiger partial charge in [-0.15, -0.1) is 0 Å². The summed E-state index contributed by atoms with van der Waals surface area (Å²) in [6, 6.07) is 0. The molecular formula is C13H19ClN2O. The van der Waals surface area contributed by atoms with Crippen molar-refractivity contribution in [3.63, 3.8) is 0 Å². The topological polar surface area (TPSA) is 34.9 Å². The molecule has 1 aromatic heterocycles. The summed E-state index contributed by atoms with van der Waals surface area (Å²) in [5.41, 5.74) is 1.78. The smallest absolute Gasteiger partial charge is 0.140 e. The Morgan fingerprint density at radius 1 is 1.41 bits per heavy atom. The largest absolute Gasteiger partial charge is 0.299 e. The molecule has 0 atom stereocenters. The first kappa shape index (κ1) is 12.6. The van der Waals surface area contributed by atoms with Crippen LogP contribution in [-0.2, 0) is 18.3 Å². The minimum absolute atomic E-state index is 0.249. The molecule has 0 N–H and O–H groups in total. The quantitative estimate of drug-likeness (QED) is 0.831. The first-order valence-corrected chi connectivity index (χ1v) is 6.68. The standard InChI is InChI=1S/C13H19ClN2O/c1-9-11(13(14)16(2)15-9)8-12(17)10-6-4-3-5-7-10/h10H,3-8H2,1-2H3. The summed E-state index contributed by atoms with van der Waals surface area (Å²) in [5.74, 6) is 0.585. The lowest BCUT2D eigenvalue weighted by atomic mass is 9.84. The van der Waals surface area contributed by atoms with E-state index in [-0.39, 0.29) is 5.92 Å². The maximum absolute atomic E-state index is 12.2. The molecule has 0 radical (unpaired) electrons. The van der Waals surface area contributed by atoms with Crippen molar-refractivity contribution in [2.45, 2.75) is 45.4 Å². The van der Waals surface area contributed by atoms with Gasteiger partial charge in [-0.3, -0.25) is 9.48 Å². The Bertz CT molecular complexity index is 419. The third-order valence-corrected chi connectivity index (χ3v) is 4.15. The van der Waals surface area contributed by atoms with E-state index in [0.717, 1.165) is 24.1 Å². The van der Waals surface area contributed by atoms with E-state index >= 15 is 0 Å². The van der Waals surface area contributed by atoms with E-state index in [1.807, 2.05) is 14.0 Å². The van der Waals surface area contributed by atoms with E-state index in [1.165, 1.54) is 19.3 Å². The van der Waals surface area contributed by atoms with Gasteiger partial charge in [-0.2, -0.15) is 5.10 Å². The van der Waals surface area contributed by atoms with E-state index in [0.29, 0.717) is 17.4 Å². The molecule has 1 heterocycles. The van der Waals surface area contributed by atoms with Gasteiger partial charge in [-0.05, 0) is 19.8 Å². The summed E-state index contributed by atoms with van der Waals surface area (Å²) in [7, 11) is 1.81. The third kappa shape index (κ3) is 2.71. The molecule has 94 valence electrons. The minimum atomic E-state index is 0.249. The second-order valence-corrected chi connectivity index (χ2v) is 5.31. The Morgan fingerprint density at radius 3 is 2.59 bits per heavy atom. The summed E-state index contributed by atoms with van der Waals surface area (Å²) < 4.78 is 1.64. The van der Waals surface area contributed by atoms with Gasteiger partial charge < -0.3 is 0 Å². The molecule has 0 amide bonds. The Morgan fingerprint density at radius 2 is 2.06 bits per heavy atom. The summed E-state index contributed by atoms with van der Waals surface area (Å²) in [5, 5.41) is 4.84. The Hall–Kier alpha value is -0.830. The van der Waals surface area contributed by atoms with Gasteiger partial charge in [-0.25, -0.2) is 0 Å². The van der Waals surface area contributed by atoms with Crippen LogP contribution in [0, 0.1) is 12.8 Å². The summed E-state index contributed by atoms with van der Waals surface area (Å²) >= 11 is 6.15. The van der Waals surface area contributed by atoms with Crippen LogP contribution in [0.15, 0.2) is 0 Å². The fraction of sp³-hybridized carbons (Fsp3) is 0.692. The van der Waals surface area contributed by atoms with Crippen molar-refractivity contribution in [3.8, 4) is 0 Å². The van der Waals surface area contributed by atoms with Crippen LogP contribution in [0.4, 0.5) is 0 Å². The molecule has 0 bridgehead atoms. The van der Waals surface area contributed by atoms with Crippen molar-refractivity contribution in [2.75, 3.05) is 0 Å². The average Bonchev–Trinajstić information content (AvgIpc) is 2.57. The lowest BCUT2D eigenvalue weighted by Crippen LogP contribution is -2.19. The van der Waals surface area contributed by atoms with Gasteiger partial charge in [0.1, 0.15) is 10.9 Å². The number of halogens is 1. The number of nitrogens with zero attached hydrogens (tertiary/aromatic N) is 2. The summed E-state index contributed by atoms with van der Waals surface area (Å²) in [4.78, 5) is 12.2. The lowest BCUT2D eigenvalue weighted by molar-refractivity contribution is -0.123. The maximum atomic E-state index is 12.2. The van der Waals surface area contributed by atoms with Crippen LogP contribution in [0.2, 0.25) is 5.15 Å². The monoisotopic (exact) mass is 254 g/mol. The van der Waals surface area contributed by atoms with Crippen LogP contribution in [-0.4, -0.2) is 15.6 Å². The number of hydrogen-bond donors (Lipinski definition) is 0. The fourth-order valence-electron chi connectivity index (χ4n) is 2.62. The number of aromatic nitrogens is 2. The molecule has 1 aromatic rings. The first-order valence-electron chi connectivity index (χ1n) is 6.30. The van der Waals surface area contributed by atoms with E-state index in [1.54, 1.807) is 4.68 Å². The number of ketones is 1. The van der Waals surface area contributed by atoms with Gasteiger partial charge in [0.15, 0.2) is 0 Å². The van der Waals surface area contributed by atoms with Crippen molar-refractivity contribution >= 4 is 17.4 Å². The summed E-state index contributed by atoms with van der Waals surface area (Å²) in [6.07, 6.45) is 6.21. The van der Waals surface area contributed by atoms with Crippen molar-refractivity contribution in [3.05, 3.63) is 16.4 Å². The molecule has 0 aromatic carbocycles. The molecular weight excluding hydrogens is 236 g/mol. The van der Waals surface area contributed by atoms with E-state index < -0.39 is 0 Å². The molecule has 0 saturated heterocycles. The fourth-order valence-corrected chi connectivity index (χ4v) is 2.86. The lowest BCUT2D eigenvalue weighted by Gasteiger charge is -2.20. The van der Waals surface area contributed by atoms with Gasteiger partial charge in [0.05, 0.1) is 5.69 Å². The zero-order valence-corrected chi connectivity index (χ0v) is 11.3. The van der Waals surface area contributed by atoms with Gasteiger partial charge in [-0.1, -0.05) is 30.9 Å². The second kappa shape index (κ2) is 5.21. The van der Waals surface area contributed by atoms with Crippen LogP contribution < -0.4 is 0 Å². The Balaban J connectivity index is 2.07. The third-order valence-electron chi connectivity index (χ3n) is 3.68. The first-order chi connectivity index (χ1) is 8.09. The highest BCUT2D eigenvalue weighted by molar-refractivity contribution is 6.30. The van der Waals surface area contributed by atoms with Crippen molar-refractivity contribution in [1.82, 2.24) is 9.78 Å². The van der Waals surface area contributed by atoms with Gasteiger partial charge in [0.25, 0.3) is 0 Å². The highest BCUT2D eigenvalue weighted by atomic mass is 35.5. The van der Waals surface area contributed by atoms with Crippen LogP contribution in [0.3, 0.4) is 0 Å². The second-order valence-electron chi connectivity index (χ2n) is 4.96. The highest BCUT2D eigenvalue weighted by Gasteiger charge is 2.23. The number of rotatable bonds is 3. The summed E-state index contributed by atoms with van der Waals surface area (Å²) in [6.45, 7) is 1.91. The zero-order valence-electron chi connectivity index (χ0n) is 10.5. The van der Waals surface area contributed by atoms with Gasteiger partial charge in [0.2, 0.25) is 0 Å². The van der Waals surface area contributed by atoms with Gasteiger partial charge >= 0.3 is 0 Å². The number of Topliss-reactive ketones (excluding diaryl/α,β-unsaturated/α-hetero) is 1. The van der Waals surface area contributed by atoms with Crippen LogP contribution in [0.5, 0.6) is 0 Å². The predicted molar refractivity (Wildman–Crippen MR) is 68.2 cm³/mol. The van der Waals surface area contributed by atoms with Gasteiger partial charge in [0, 0.05) is 24.9 Å². The molecule has 1 aliphatic carbocycles. The van der Waals surface area contributed by atoms with E-state index in [4.69, 9.17) is 11.6 Å². The molecule has 0 aliphatic heterocycles. The molecule has 3 nitrogen and oxygen atoms in total. The molecule has 17 heavy (non-hydrogen) atoms. The number of aryl methyl sites for hydroxylation is 2. The van der Waals surface area contributed by atoms with Crippen LogP contribution >= 0.6 is 11.6 Å². The molecule has 2 rings (SSSR count). The number of hydrogen-bond acceptors (Lipinski definition) is 2.